The van der Waals surface area contributed by atoms with Crippen molar-refractivity contribution in [3.05, 3.63) is 94.5 Å². The van der Waals surface area contributed by atoms with Crippen molar-refractivity contribution in [1.29, 1.82) is 0 Å². The first-order valence-electron chi connectivity index (χ1n) is 10.6. The number of fused-ring (bicyclic) bond motifs is 3. The molecule has 0 saturated heterocycles. The van der Waals surface area contributed by atoms with Gasteiger partial charge in [-0.1, -0.05) is 54.1 Å². The van der Waals surface area contributed by atoms with Crippen LogP contribution in [-0.2, 0) is 20.8 Å². The van der Waals surface area contributed by atoms with Gasteiger partial charge >= 0.3 is 5.97 Å². The van der Waals surface area contributed by atoms with Gasteiger partial charge in [0.25, 0.3) is 0 Å². The monoisotopic (exact) mass is 464 g/mol. The van der Waals surface area contributed by atoms with E-state index in [2.05, 4.69) is 0 Å². The first-order valence-corrected chi connectivity index (χ1v) is 11.0. The molecule has 7 heteroatoms. The Bertz CT molecular complexity index is 1240. The summed E-state index contributed by atoms with van der Waals surface area (Å²) in [5, 5.41) is 22.8. The highest BCUT2D eigenvalue weighted by molar-refractivity contribution is 6.30. The summed E-state index contributed by atoms with van der Waals surface area (Å²) in [6, 6.07) is 20.2. The largest absolute Gasteiger partial charge is 0.494 e. The van der Waals surface area contributed by atoms with Gasteiger partial charge in [0.2, 0.25) is 0 Å². The van der Waals surface area contributed by atoms with E-state index in [0.29, 0.717) is 28.5 Å². The van der Waals surface area contributed by atoms with Crippen LogP contribution in [0.1, 0.15) is 29.5 Å². The average Bonchev–Trinajstić information content (AvgIpc) is 3.18. The Balaban J connectivity index is 1.84. The van der Waals surface area contributed by atoms with Gasteiger partial charge in [-0.3, -0.25) is 9.59 Å². The summed E-state index contributed by atoms with van der Waals surface area (Å²) in [6.07, 6.45) is 0. The molecule has 33 heavy (non-hydrogen) atoms. The fraction of sp³-hybridized carbons (Fsp3) is 0.231. The molecule has 0 aromatic heterocycles. The summed E-state index contributed by atoms with van der Waals surface area (Å²) in [7, 11) is 0. The number of hydrogen-bond acceptors (Lipinski definition) is 5. The van der Waals surface area contributed by atoms with Crippen LogP contribution in [-0.4, -0.2) is 28.6 Å². The summed E-state index contributed by atoms with van der Waals surface area (Å²) in [5.41, 5.74) is -2.71. The second-order valence-electron chi connectivity index (χ2n) is 8.21. The van der Waals surface area contributed by atoms with Gasteiger partial charge in [-0.15, -0.1) is 0 Å². The van der Waals surface area contributed by atoms with Crippen molar-refractivity contribution in [2.24, 2.45) is 5.92 Å². The molecular weight excluding hydrogens is 444 g/mol. The van der Waals surface area contributed by atoms with Gasteiger partial charge < -0.3 is 19.7 Å². The number of rotatable bonds is 5. The predicted octanol–water partition coefficient (Wildman–Crippen LogP) is 4.28. The molecule has 1 fully saturated rings. The lowest BCUT2D eigenvalue weighted by Gasteiger charge is -2.39. The van der Waals surface area contributed by atoms with E-state index in [4.69, 9.17) is 21.1 Å². The van der Waals surface area contributed by atoms with Crippen LogP contribution in [0.3, 0.4) is 0 Å². The topological polar surface area (TPSA) is 93.1 Å². The Morgan fingerprint density at radius 3 is 2.42 bits per heavy atom. The van der Waals surface area contributed by atoms with Gasteiger partial charge in [0.05, 0.1) is 12.5 Å². The summed E-state index contributed by atoms with van der Waals surface area (Å²) in [4.78, 5) is 26.2. The molecule has 1 aliphatic heterocycles. The molecule has 1 unspecified atom stereocenters. The second kappa shape index (κ2) is 7.61. The van der Waals surface area contributed by atoms with Gasteiger partial charge in [-0.05, 0) is 42.3 Å². The van der Waals surface area contributed by atoms with E-state index in [1.54, 1.807) is 72.8 Å². The predicted molar refractivity (Wildman–Crippen MR) is 121 cm³/mol. The van der Waals surface area contributed by atoms with Crippen LogP contribution in [0.4, 0.5) is 0 Å². The molecule has 0 spiro atoms. The van der Waals surface area contributed by atoms with Crippen molar-refractivity contribution in [3.63, 3.8) is 0 Å². The quantitative estimate of drug-likeness (QED) is 0.547. The van der Waals surface area contributed by atoms with Gasteiger partial charge in [-0.2, -0.15) is 0 Å². The fourth-order valence-corrected chi connectivity index (χ4v) is 5.42. The van der Waals surface area contributed by atoms with E-state index >= 15 is 0 Å². The molecule has 1 heterocycles. The normalized spacial score (nSPS) is 27.5. The van der Waals surface area contributed by atoms with Crippen molar-refractivity contribution >= 4 is 23.4 Å². The van der Waals surface area contributed by atoms with Crippen molar-refractivity contribution in [2.45, 2.75) is 24.0 Å². The van der Waals surface area contributed by atoms with Gasteiger partial charge in [0.1, 0.15) is 17.4 Å². The number of halogens is 1. The molecule has 0 amide bonds. The number of aliphatic carboxylic acids is 1. The smallest absolute Gasteiger partial charge is 0.314 e. The number of ether oxygens (including phenoxy) is 2. The van der Waals surface area contributed by atoms with Crippen LogP contribution in [0.2, 0.25) is 5.02 Å². The van der Waals surface area contributed by atoms with Crippen LogP contribution in [0.5, 0.6) is 11.5 Å². The van der Waals surface area contributed by atoms with E-state index in [0.717, 1.165) is 0 Å². The summed E-state index contributed by atoms with van der Waals surface area (Å²) >= 11 is 6.12. The summed E-state index contributed by atoms with van der Waals surface area (Å²) < 4.78 is 12.1. The number of carboxylic acids is 1. The second-order valence-corrected chi connectivity index (χ2v) is 8.65. The summed E-state index contributed by atoms with van der Waals surface area (Å²) in [5.74, 6) is -3.87. The molecule has 0 radical (unpaired) electrons. The molecule has 0 bridgehead atoms. The molecule has 1 aliphatic carbocycles. The van der Waals surface area contributed by atoms with E-state index < -0.39 is 34.8 Å². The van der Waals surface area contributed by atoms with Crippen LogP contribution >= 0.6 is 11.6 Å². The van der Waals surface area contributed by atoms with Crippen LogP contribution in [0.25, 0.3) is 0 Å². The van der Waals surface area contributed by atoms with Crippen LogP contribution < -0.4 is 9.47 Å². The Hall–Kier alpha value is -3.35. The standard InChI is InChI=1S/C26H21ClO6/c1-2-32-18-12-13-19-20(14-18)33-26(16-8-10-17(27)11-9-16)22(15-6-4-3-5-7-15)21(24(29)30)23(28)25(19,26)31/h3-14,21-22,31H,2H2,1H3,(H,29,30)/t21-,22?,25+,26+/m1/s1. The van der Waals surface area contributed by atoms with E-state index in [-0.39, 0.29) is 11.3 Å². The number of hydrogen-bond donors (Lipinski definition) is 2. The zero-order valence-electron chi connectivity index (χ0n) is 17.7. The highest BCUT2D eigenvalue weighted by Crippen LogP contribution is 2.67. The zero-order valence-corrected chi connectivity index (χ0v) is 18.5. The number of benzene rings is 3. The highest BCUT2D eigenvalue weighted by Gasteiger charge is 2.77. The van der Waals surface area contributed by atoms with Gasteiger partial charge in [0, 0.05) is 16.7 Å². The van der Waals surface area contributed by atoms with Crippen molar-refractivity contribution < 1.29 is 29.3 Å². The molecular formula is C26H21ClO6. The number of carboxylic acid groups (broad SMARTS) is 1. The molecule has 3 aromatic carbocycles. The lowest BCUT2D eigenvalue weighted by Crippen LogP contribution is -2.50. The number of ketones is 1. The van der Waals surface area contributed by atoms with Crippen LogP contribution in [0.15, 0.2) is 72.8 Å². The molecule has 3 aromatic rings. The number of aliphatic hydroxyl groups is 1. The minimum absolute atomic E-state index is 0.218. The number of carbonyl (C=O) groups excluding carboxylic acids is 1. The Morgan fingerprint density at radius 2 is 1.79 bits per heavy atom. The maximum absolute atomic E-state index is 13.8. The van der Waals surface area contributed by atoms with E-state index in [9.17, 15) is 19.8 Å². The Kier molecular flexibility index (Phi) is 4.96. The Morgan fingerprint density at radius 1 is 1.09 bits per heavy atom. The molecule has 1 saturated carbocycles. The van der Waals surface area contributed by atoms with Gasteiger partial charge in [0.15, 0.2) is 17.0 Å². The fourth-order valence-electron chi connectivity index (χ4n) is 5.29. The number of carbonyl (C=O) groups is 2. The first-order chi connectivity index (χ1) is 15.8. The minimum atomic E-state index is -2.23. The van der Waals surface area contributed by atoms with Crippen LogP contribution in [0, 0.1) is 5.92 Å². The van der Waals surface area contributed by atoms with Crippen molar-refractivity contribution in [2.75, 3.05) is 6.61 Å². The van der Waals surface area contributed by atoms with E-state index in [1.807, 2.05) is 6.92 Å². The third kappa shape index (κ3) is 2.84. The zero-order chi connectivity index (χ0) is 23.4. The molecule has 168 valence electrons. The Labute approximate surface area is 195 Å². The molecule has 5 rings (SSSR count). The third-order valence-corrected chi connectivity index (χ3v) is 6.82. The maximum Gasteiger partial charge on any atom is 0.314 e. The maximum atomic E-state index is 13.8. The lowest BCUT2D eigenvalue weighted by atomic mass is 9.71. The molecule has 2 aliphatic rings. The SMILES string of the molecule is CCOc1ccc2c(c1)O[C@@]1(c3ccc(Cl)cc3)C(c3ccccc3)[C@@H](C(=O)O)C(=O)[C@@]21O. The molecule has 2 N–H and O–H groups in total. The lowest BCUT2D eigenvalue weighted by molar-refractivity contribution is -0.154. The van der Waals surface area contributed by atoms with Crippen molar-refractivity contribution in [3.8, 4) is 11.5 Å². The average molecular weight is 465 g/mol. The highest BCUT2D eigenvalue weighted by atomic mass is 35.5. The van der Waals surface area contributed by atoms with Gasteiger partial charge in [-0.25, -0.2) is 0 Å². The van der Waals surface area contributed by atoms with Crippen molar-refractivity contribution in [1.82, 2.24) is 0 Å². The van der Waals surface area contributed by atoms with E-state index in [1.165, 1.54) is 0 Å². The molecule has 6 nitrogen and oxygen atoms in total. The number of Topliss-reactive ketones (excluding diaryl/α,β-unsaturated/α-hetero) is 1. The molecule has 4 atom stereocenters. The summed E-state index contributed by atoms with van der Waals surface area (Å²) in [6.45, 7) is 2.27. The third-order valence-electron chi connectivity index (χ3n) is 6.57. The first kappa shape index (κ1) is 21.5. The minimum Gasteiger partial charge on any atom is -0.494 e.